The van der Waals surface area contributed by atoms with Crippen LogP contribution in [0.1, 0.15) is 24.5 Å². The number of nitrogens with one attached hydrogen (secondary N) is 2. The summed E-state index contributed by atoms with van der Waals surface area (Å²) in [5, 5.41) is 10.6. The van der Waals surface area contributed by atoms with Crippen LogP contribution in [0.2, 0.25) is 0 Å². The molecule has 0 saturated carbocycles. The van der Waals surface area contributed by atoms with Crippen molar-refractivity contribution in [2.45, 2.75) is 32.3 Å². The summed E-state index contributed by atoms with van der Waals surface area (Å²) >= 11 is 0. The lowest BCUT2D eigenvalue weighted by molar-refractivity contribution is -0.119. The monoisotopic (exact) mass is 446 g/mol. The van der Waals surface area contributed by atoms with Gasteiger partial charge < -0.3 is 14.8 Å². The minimum absolute atomic E-state index is 0.147. The van der Waals surface area contributed by atoms with E-state index in [9.17, 15) is 9.59 Å². The van der Waals surface area contributed by atoms with E-state index in [4.69, 9.17) is 14.6 Å². The first-order valence-electron chi connectivity index (χ1n) is 11.1. The lowest BCUT2D eigenvalue weighted by Gasteiger charge is -2.16. The number of rotatable bonds is 5. The second-order valence-electron chi connectivity index (χ2n) is 8.37. The van der Waals surface area contributed by atoms with Gasteiger partial charge in [0.15, 0.2) is 0 Å². The number of hydrogen-bond donors (Lipinski definition) is 2. The topological polar surface area (TPSA) is 96.6 Å². The highest BCUT2D eigenvalue weighted by molar-refractivity contribution is 5.91. The summed E-state index contributed by atoms with van der Waals surface area (Å²) in [5.74, 6) is 0.652. The Hall–Kier alpha value is -3.81. The fourth-order valence-electron chi connectivity index (χ4n) is 4.63. The molecule has 0 bridgehead atoms. The van der Waals surface area contributed by atoms with E-state index in [-0.39, 0.29) is 12.0 Å². The maximum absolute atomic E-state index is 12.5. The Morgan fingerprint density at radius 1 is 1.24 bits per heavy atom. The van der Waals surface area contributed by atoms with Gasteiger partial charge in [-0.1, -0.05) is 18.2 Å². The van der Waals surface area contributed by atoms with Crippen LogP contribution in [0.25, 0.3) is 22.5 Å². The van der Waals surface area contributed by atoms with Crippen LogP contribution in [0, 0.1) is 0 Å². The number of aryl methyl sites for hydroxylation is 1. The van der Waals surface area contributed by atoms with E-state index in [0.29, 0.717) is 13.1 Å². The second kappa shape index (κ2) is 8.61. The van der Waals surface area contributed by atoms with Crippen LogP contribution < -0.4 is 15.0 Å². The molecule has 8 heteroatoms. The lowest BCUT2D eigenvalue weighted by atomic mass is 9.98. The van der Waals surface area contributed by atoms with Crippen LogP contribution in [-0.2, 0) is 22.4 Å². The third-order valence-corrected chi connectivity index (χ3v) is 6.23. The molecule has 0 radical (unpaired) electrons. The van der Waals surface area contributed by atoms with Crippen molar-refractivity contribution in [1.82, 2.24) is 15.5 Å². The molecule has 5 rings (SSSR count). The number of amides is 2. The van der Waals surface area contributed by atoms with Gasteiger partial charge in [0.25, 0.3) is 0 Å². The number of fused-ring (bicyclic) bond motifs is 3. The highest BCUT2D eigenvalue weighted by atomic mass is 16.6. The average Bonchev–Trinajstić information content (AvgIpc) is 3.36. The number of anilines is 1. The number of aromatic nitrogens is 2. The number of cyclic esters (lactones) is 1. The van der Waals surface area contributed by atoms with Crippen LogP contribution in [0.15, 0.2) is 42.5 Å². The van der Waals surface area contributed by atoms with Crippen molar-refractivity contribution < 1.29 is 19.1 Å². The zero-order valence-corrected chi connectivity index (χ0v) is 18.7. The fraction of sp³-hybridized carbons (Fsp3) is 0.320. The standard InChI is InChI=1S/C25H26N4O4/c1-15(30)26-13-18-14-29(25(31)33-18)17-11-10-16-6-5-8-20-23(27-28-24(20)21(16)12-17)19-7-3-4-9-22(19)32-2/h3-4,7,9-12,18H,5-6,8,13-14H2,1-2H3,(H,26,30)(H,27,28)/t18-/m0/s1. The molecule has 170 valence electrons. The van der Waals surface area contributed by atoms with Crippen LogP contribution in [0.4, 0.5) is 10.5 Å². The Bertz CT molecular complexity index is 1220. The number of hydrogen-bond acceptors (Lipinski definition) is 5. The first kappa shape index (κ1) is 21.1. The van der Waals surface area contributed by atoms with Crippen molar-refractivity contribution >= 4 is 17.7 Å². The van der Waals surface area contributed by atoms with Gasteiger partial charge in [0, 0.05) is 29.3 Å². The summed E-state index contributed by atoms with van der Waals surface area (Å²) < 4.78 is 11.0. The van der Waals surface area contributed by atoms with E-state index in [1.54, 1.807) is 12.0 Å². The molecule has 2 N–H and O–H groups in total. The van der Waals surface area contributed by atoms with Gasteiger partial charge in [-0.3, -0.25) is 14.8 Å². The predicted octanol–water partition coefficient (Wildman–Crippen LogP) is 3.70. The number of methoxy groups -OCH3 is 1. The van der Waals surface area contributed by atoms with Gasteiger partial charge in [0.2, 0.25) is 5.91 Å². The van der Waals surface area contributed by atoms with Crippen LogP contribution in [0.5, 0.6) is 5.75 Å². The SMILES string of the molecule is COc1ccccc1-c1[nH]nc2c1CCCc1ccc(N3C[C@H](CNC(C)=O)OC3=O)cc1-2. The van der Waals surface area contributed by atoms with Crippen molar-refractivity contribution in [1.29, 1.82) is 0 Å². The van der Waals surface area contributed by atoms with Gasteiger partial charge in [0.1, 0.15) is 11.9 Å². The Morgan fingerprint density at radius 3 is 2.91 bits per heavy atom. The molecule has 3 aromatic rings. The minimum atomic E-state index is -0.407. The third-order valence-electron chi connectivity index (χ3n) is 6.23. The molecule has 1 aliphatic heterocycles. The van der Waals surface area contributed by atoms with E-state index < -0.39 is 6.09 Å². The molecule has 2 amide bonds. The van der Waals surface area contributed by atoms with Crippen molar-refractivity contribution in [3.8, 4) is 28.3 Å². The minimum Gasteiger partial charge on any atom is -0.496 e. The first-order chi connectivity index (χ1) is 16.0. The molecule has 1 fully saturated rings. The number of benzene rings is 2. The number of ether oxygens (including phenoxy) is 2. The van der Waals surface area contributed by atoms with Crippen molar-refractivity contribution in [2.24, 2.45) is 0 Å². The molecule has 8 nitrogen and oxygen atoms in total. The Morgan fingerprint density at radius 2 is 2.09 bits per heavy atom. The average molecular weight is 447 g/mol. The first-order valence-corrected chi connectivity index (χ1v) is 11.1. The largest absolute Gasteiger partial charge is 0.496 e. The molecule has 1 atom stereocenters. The molecule has 0 spiro atoms. The summed E-state index contributed by atoms with van der Waals surface area (Å²) in [5.41, 5.74) is 7.01. The Kier molecular flexibility index (Phi) is 5.50. The Labute approximate surface area is 191 Å². The Balaban J connectivity index is 1.50. The number of nitrogens with zero attached hydrogens (tertiary/aromatic N) is 2. The highest BCUT2D eigenvalue weighted by Gasteiger charge is 2.33. The highest BCUT2D eigenvalue weighted by Crippen LogP contribution is 2.40. The number of carbonyl (C=O) groups excluding carboxylic acids is 2. The summed E-state index contributed by atoms with van der Waals surface area (Å²) in [6, 6.07) is 14.0. The second-order valence-corrected chi connectivity index (χ2v) is 8.37. The molecule has 2 heterocycles. The summed E-state index contributed by atoms with van der Waals surface area (Å²) in [4.78, 5) is 25.3. The van der Waals surface area contributed by atoms with E-state index in [1.807, 2.05) is 36.4 Å². The third kappa shape index (κ3) is 3.92. The number of carbonyl (C=O) groups is 2. The van der Waals surface area contributed by atoms with Gasteiger partial charge in [-0.15, -0.1) is 0 Å². The van der Waals surface area contributed by atoms with Gasteiger partial charge >= 0.3 is 6.09 Å². The zero-order chi connectivity index (χ0) is 22.9. The smallest absolute Gasteiger partial charge is 0.414 e. The van der Waals surface area contributed by atoms with E-state index in [2.05, 4.69) is 16.5 Å². The van der Waals surface area contributed by atoms with Crippen LogP contribution >= 0.6 is 0 Å². The van der Waals surface area contributed by atoms with Crippen LogP contribution in [0.3, 0.4) is 0 Å². The zero-order valence-electron chi connectivity index (χ0n) is 18.7. The molecule has 0 unspecified atom stereocenters. The lowest BCUT2D eigenvalue weighted by Crippen LogP contribution is -2.33. The molecule has 1 aliphatic carbocycles. The number of H-pyrrole nitrogens is 1. The number of aromatic amines is 1. The normalized spacial score (nSPS) is 17.1. The summed E-state index contributed by atoms with van der Waals surface area (Å²) in [7, 11) is 1.67. The fourth-order valence-corrected chi connectivity index (χ4v) is 4.63. The van der Waals surface area contributed by atoms with Crippen molar-refractivity contribution in [3.05, 3.63) is 53.6 Å². The molecule has 33 heavy (non-hydrogen) atoms. The molecular formula is C25H26N4O4. The summed E-state index contributed by atoms with van der Waals surface area (Å²) in [6.07, 6.45) is 2.06. The van der Waals surface area contributed by atoms with Crippen molar-refractivity contribution in [2.75, 3.05) is 25.1 Å². The van der Waals surface area contributed by atoms with E-state index in [1.165, 1.54) is 12.5 Å². The molecule has 1 saturated heterocycles. The van der Waals surface area contributed by atoms with Gasteiger partial charge in [-0.2, -0.15) is 5.10 Å². The molecule has 2 aliphatic rings. The summed E-state index contributed by atoms with van der Waals surface area (Å²) in [6.45, 7) is 2.13. The van der Waals surface area contributed by atoms with Gasteiger partial charge in [-0.05, 0) is 49.1 Å². The number of para-hydroxylation sites is 1. The quantitative estimate of drug-likeness (QED) is 0.623. The predicted molar refractivity (Wildman–Crippen MR) is 124 cm³/mol. The van der Waals surface area contributed by atoms with Gasteiger partial charge in [0.05, 0.1) is 31.6 Å². The molecular weight excluding hydrogens is 420 g/mol. The molecule has 1 aromatic heterocycles. The van der Waals surface area contributed by atoms with Crippen LogP contribution in [-0.4, -0.2) is 48.5 Å². The van der Waals surface area contributed by atoms with Crippen molar-refractivity contribution in [3.63, 3.8) is 0 Å². The maximum Gasteiger partial charge on any atom is 0.414 e. The maximum atomic E-state index is 12.5. The van der Waals surface area contributed by atoms with Gasteiger partial charge in [-0.25, -0.2) is 4.79 Å². The van der Waals surface area contributed by atoms with E-state index >= 15 is 0 Å². The molecule has 2 aromatic carbocycles. The van der Waals surface area contributed by atoms with E-state index in [0.717, 1.165) is 58.8 Å².